The van der Waals surface area contributed by atoms with Crippen LogP contribution in [0.3, 0.4) is 0 Å². The zero-order valence-electron chi connectivity index (χ0n) is 27.4. The van der Waals surface area contributed by atoms with Crippen molar-refractivity contribution in [1.29, 1.82) is 0 Å². The van der Waals surface area contributed by atoms with Gasteiger partial charge in [-0.3, -0.25) is 0 Å². The maximum absolute atomic E-state index is 4.06. The van der Waals surface area contributed by atoms with E-state index >= 15 is 0 Å². The molecule has 0 radical (unpaired) electrons. The Balaban J connectivity index is 1.34. The summed E-state index contributed by atoms with van der Waals surface area (Å²) in [6.07, 6.45) is 5.71. The fraction of sp³-hybridized carbons (Fsp3) is 0.0870. The van der Waals surface area contributed by atoms with E-state index in [0.29, 0.717) is 0 Å². The first-order chi connectivity index (χ1) is 22.9. The summed E-state index contributed by atoms with van der Waals surface area (Å²) in [5, 5.41) is 0. The molecule has 1 aliphatic rings. The molecule has 0 saturated carbocycles. The summed E-state index contributed by atoms with van der Waals surface area (Å²) in [6.45, 7) is 14.8. The van der Waals surface area contributed by atoms with Crippen molar-refractivity contribution in [2.75, 3.05) is 4.90 Å². The molecule has 0 saturated heterocycles. The van der Waals surface area contributed by atoms with Gasteiger partial charge in [0.15, 0.2) is 0 Å². The van der Waals surface area contributed by atoms with Crippen LogP contribution >= 0.6 is 0 Å². The molecule has 228 valence electrons. The third-order valence-corrected chi connectivity index (χ3v) is 9.49. The Bertz CT molecular complexity index is 2130. The summed E-state index contributed by atoms with van der Waals surface area (Å²) in [4.78, 5) is 2.37. The van der Waals surface area contributed by atoms with Crippen molar-refractivity contribution < 1.29 is 0 Å². The van der Waals surface area contributed by atoms with Crippen molar-refractivity contribution in [3.05, 3.63) is 193 Å². The summed E-state index contributed by atoms with van der Waals surface area (Å²) in [6, 6.07) is 50.9. The monoisotopic (exact) mass is 605 g/mol. The van der Waals surface area contributed by atoms with Gasteiger partial charge in [-0.1, -0.05) is 148 Å². The van der Waals surface area contributed by atoms with E-state index in [1.54, 1.807) is 0 Å². The topological polar surface area (TPSA) is 3.24 Å². The molecule has 0 aromatic heterocycles. The molecule has 0 N–H and O–H groups in total. The Hall–Kier alpha value is -5.66. The maximum atomic E-state index is 4.06. The van der Waals surface area contributed by atoms with Crippen LogP contribution in [-0.4, -0.2) is 0 Å². The molecule has 1 aliphatic carbocycles. The number of anilines is 3. The number of benzene rings is 6. The fourth-order valence-corrected chi connectivity index (χ4v) is 6.90. The molecule has 6 aromatic rings. The summed E-state index contributed by atoms with van der Waals surface area (Å²) in [5.41, 5.74) is 16.8. The zero-order valence-corrected chi connectivity index (χ0v) is 27.4. The lowest BCUT2D eigenvalue weighted by molar-refractivity contribution is 0.660. The Morgan fingerprint density at radius 1 is 0.553 bits per heavy atom. The van der Waals surface area contributed by atoms with Crippen molar-refractivity contribution in [2.45, 2.75) is 26.2 Å². The van der Waals surface area contributed by atoms with E-state index in [4.69, 9.17) is 0 Å². The quantitative estimate of drug-likeness (QED) is 0.156. The molecule has 47 heavy (non-hydrogen) atoms. The van der Waals surface area contributed by atoms with Gasteiger partial charge in [0.05, 0.1) is 0 Å². The predicted molar refractivity (Wildman–Crippen MR) is 203 cm³/mol. The minimum Gasteiger partial charge on any atom is -0.310 e. The highest BCUT2D eigenvalue weighted by atomic mass is 15.1. The predicted octanol–water partition coefficient (Wildman–Crippen LogP) is 12.9. The fourth-order valence-electron chi connectivity index (χ4n) is 6.90. The standard InChI is InChI=1S/C46H39N/c1-6-12-33(7-2)37-15-11-16-40(29-37)47(39-24-21-35(22-25-39)34-13-9-8-10-14-34)41-26-28-43-42-27-23-38(36-19-17-32(3)18-20-36)30-44(42)46(4,5)45(43)31-41/h6-31H,1-2H2,3-5H3. The first-order valence-electron chi connectivity index (χ1n) is 16.2. The normalized spacial score (nSPS) is 13.0. The van der Waals surface area contributed by atoms with Crippen LogP contribution in [0, 0.1) is 6.92 Å². The van der Waals surface area contributed by atoms with Gasteiger partial charge in [-0.05, 0) is 105 Å². The summed E-state index contributed by atoms with van der Waals surface area (Å²) in [7, 11) is 0. The number of rotatable bonds is 8. The summed E-state index contributed by atoms with van der Waals surface area (Å²) < 4.78 is 0. The number of hydrogen-bond acceptors (Lipinski definition) is 1. The van der Waals surface area contributed by atoms with Crippen LogP contribution in [0.4, 0.5) is 17.1 Å². The van der Waals surface area contributed by atoms with Crippen molar-refractivity contribution in [3.8, 4) is 33.4 Å². The van der Waals surface area contributed by atoms with E-state index in [9.17, 15) is 0 Å². The molecule has 0 fully saturated rings. The summed E-state index contributed by atoms with van der Waals surface area (Å²) in [5.74, 6) is 0. The lowest BCUT2D eigenvalue weighted by atomic mass is 9.81. The van der Waals surface area contributed by atoms with Crippen LogP contribution in [0.15, 0.2) is 171 Å². The van der Waals surface area contributed by atoms with Crippen molar-refractivity contribution in [1.82, 2.24) is 0 Å². The summed E-state index contributed by atoms with van der Waals surface area (Å²) >= 11 is 0. The van der Waals surface area contributed by atoms with Crippen LogP contribution in [0.5, 0.6) is 0 Å². The largest absolute Gasteiger partial charge is 0.310 e. The molecule has 6 aromatic carbocycles. The van der Waals surface area contributed by atoms with Crippen LogP contribution in [-0.2, 0) is 5.41 Å². The number of hydrogen-bond donors (Lipinski definition) is 0. The Kier molecular flexibility index (Phi) is 7.83. The molecular formula is C46H39N. The Morgan fingerprint density at radius 3 is 1.83 bits per heavy atom. The van der Waals surface area contributed by atoms with Gasteiger partial charge in [0, 0.05) is 22.5 Å². The van der Waals surface area contributed by atoms with Crippen LogP contribution in [0.1, 0.15) is 36.1 Å². The molecule has 0 atom stereocenters. The lowest BCUT2D eigenvalue weighted by Crippen LogP contribution is -2.16. The highest BCUT2D eigenvalue weighted by molar-refractivity contribution is 5.88. The second-order valence-corrected chi connectivity index (χ2v) is 12.8. The lowest BCUT2D eigenvalue weighted by Gasteiger charge is -2.28. The number of aryl methyl sites for hydroxylation is 1. The molecule has 1 nitrogen and oxygen atoms in total. The van der Waals surface area contributed by atoms with E-state index in [1.165, 1.54) is 50.1 Å². The van der Waals surface area contributed by atoms with Crippen molar-refractivity contribution in [3.63, 3.8) is 0 Å². The van der Waals surface area contributed by atoms with E-state index in [1.807, 2.05) is 18.2 Å². The van der Waals surface area contributed by atoms with Crippen LogP contribution in [0.2, 0.25) is 0 Å². The Morgan fingerprint density at radius 2 is 1.13 bits per heavy atom. The van der Waals surface area contributed by atoms with Gasteiger partial charge in [0.25, 0.3) is 0 Å². The average Bonchev–Trinajstić information content (AvgIpc) is 3.33. The average molecular weight is 606 g/mol. The third kappa shape index (κ3) is 5.55. The minimum absolute atomic E-state index is 0.158. The zero-order chi connectivity index (χ0) is 32.5. The minimum atomic E-state index is -0.158. The molecule has 0 unspecified atom stereocenters. The van der Waals surface area contributed by atoms with Gasteiger partial charge in [0.1, 0.15) is 0 Å². The second-order valence-electron chi connectivity index (χ2n) is 12.8. The second kappa shape index (κ2) is 12.3. The molecule has 0 amide bonds. The highest BCUT2D eigenvalue weighted by Crippen LogP contribution is 2.51. The number of nitrogens with zero attached hydrogens (tertiary/aromatic N) is 1. The van der Waals surface area contributed by atoms with E-state index in [0.717, 1.165) is 28.2 Å². The first kappa shape index (κ1) is 30.0. The smallest absolute Gasteiger partial charge is 0.0467 e. The first-order valence-corrected chi connectivity index (χ1v) is 16.2. The highest BCUT2D eigenvalue weighted by Gasteiger charge is 2.36. The van der Waals surface area contributed by atoms with Crippen molar-refractivity contribution >= 4 is 22.6 Å². The SMILES string of the molecule is C=CC=C(C=C)c1cccc(N(c2ccc(-c3ccccc3)cc2)c2ccc3c(c2)C(C)(C)c2cc(-c4ccc(C)cc4)ccc2-3)c1. The molecule has 0 bridgehead atoms. The molecule has 0 aliphatic heterocycles. The molecule has 0 spiro atoms. The van der Waals surface area contributed by atoms with E-state index < -0.39 is 0 Å². The number of allylic oxidation sites excluding steroid dienone is 4. The van der Waals surface area contributed by atoms with Crippen molar-refractivity contribution in [2.24, 2.45) is 0 Å². The van der Waals surface area contributed by atoms with Gasteiger partial charge in [-0.2, -0.15) is 0 Å². The third-order valence-electron chi connectivity index (χ3n) is 9.49. The molecule has 0 heterocycles. The van der Waals surface area contributed by atoms with Gasteiger partial charge >= 0.3 is 0 Å². The molecule has 7 rings (SSSR count). The number of fused-ring (bicyclic) bond motifs is 3. The van der Waals surface area contributed by atoms with Gasteiger partial charge in [-0.25, -0.2) is 0 Å². The van der Waals surface area contributed by atoms with Gasteiger partial charge in [0.2, 0.25) is 0 Å². The molecular weight excluding hydrogens is 567 g/mol. The molecule has 1 heteroatoms. The maximum Gasteiger partial charge on any atom is 0.0467 e. The van der Waals surface area contributed by atoms with Crippen LogP contribution < -0.4 is 4.90 Å². The van der Waals surface area contributed by atoms with Crippen LogP contribution in [0.25, 0.3) is 39.0 Å². The van der Waals surface area contributed by atoms with E-state index in [-0.39, 0.29) is 5.41 Å². The Labute approximate surface area is 279 Å². The van der Waals surface area contributed by atoms with Gasteiger partial charge in [-0.15, -0.1) is 0 Å². The van der Waals surface area contributed by atoms with Gasteiger partial charge < -0.3 is 4.90 Å². The van der Waals surface area contributed by atoms with E-state index in [2.05, 4.69) is 178 Å².